The molecule has 25 heavy (non-hydrogen) atoms. The number of carbonyl (C=O) groups is 1. The van der Waals surface area contributed by atoms with Crippen molar-refractivity contribution in [1.29, 1.82) is 0 Å². The summed E-state index contributed by atoms with van der Waals surface area (Å²) < 4.78 is 0. The summed E-state index contributed by atoms with van der Waals surface area (Å²) in [6.07, 6.45) is 4.89. The third-order valence-corrected chi connectivity index (χ3v) is 5.61. The molecule has 0 aromatic heterocycles. The van der Waals surface area contributed by atoms with Crippen molar-refractivity contribution >= 4 is 11.7 Å². The highest BCUT2D eigenvalue weighted by Gasteiger charge is 2.33. The summed E-state index contributed by atoms with van der Waals surface area (Å²) in [5.41, 5.74) is 2.05. The number of rotatable bonds is 4. The number of aliphatic hydroxyl groups excluding tert-OH is 1. The Bertz CT molecular complexity index is 582. The zero-order valence-corrected chi connectivity index (χ0v) is 15.4. The maximum atomic E-state index is 12.4. The van der Waals surface area contributed by atoms with Gasteiger partial charge in [-0.25, -0.2) is 4.79 Å². The number of nitrogens with zero attached hydrogens (tertiary/aromatic N) is 1. The van der Waals surface area contributed by atoms with Crippen LogP contribution in [0.25, 0.3) is 0 Å². The Hall–Kier alpha value is -1.59. The van der Waals surface area contributed by atoms with Crippen molar-refractivity contribution in [1.82, 2.24) is 10.2 Å². The largest absolute Gasteiger partial charge is 0.391 e. The molecule has 1 aromatic carbocycles. The fourth-order valence-corrected chi connectivity index (χ4v) is 4.18. The van der Waals surface area contributed by atoms with Gasteiger partial charge in [-0.3, -0.25) is 4.90 Å². The number of hydrogen-bond donors (Lipinski definition) is 3. The third-order valence-electron chi connectivity index (χ3n) is 5.61. The Morgan fingerprint density at radius 3 is 2.52 bits per heavy atom. The first-order valence-corrected chi connectivity index (χ1v) is 9.63. The number of carbonyl (C=O) groups excluding carboxylic acids is 1. The number of anilines is 1. The van der Waals surface area contributed by atoms with Gasteiger partial charge in [-0.1, -0.05) is 32.0 Å². The van der Waals surface area contributed by atoms with Crippen LogP contribution in [-0.2, 0) is 0 Å². The maximum absolute atomic E-state index is 12.4. The number of amides is 2. The van der Waals surface area contributed by atoms with Gasteiger partial charge in [-0.15, -0.1) is 0 Å². The molecule has 0 radical (unpaired) electrons. The average Bonchev–Trinajstić information content (AvgIpc) is 3.02. The molecule has 2 atom stereocenters. The number of piperidine rings is 1. The molecule has 138 valence electrons. The van der Waals surface area contributed by atoms with Crippen LogP contribution in [0.15, 0.2) is 24.3 Å². The van der Waals surface area contributed by atoms with Crippen molar-refractivity contribution in [2.24, 2.45) is 0 Å². The smallest absolute Gasteiger partial charge is 0.319 e. The Morgan fingerprint density at radius 2 is 1.88 bits per heavy atom. The van der Waals surface area contributed by atoms with E-state index in [9.17, 15) is 9.90 Å². The maximum Gasteiger partial charge on any atom is 0.319 e. The molecule has 1 heterocycles. The zero-order chi connectivity index (χ0) is 17.8. The summed E-state index contributed by atoms with van der Waals surface area (Å²) in [7, 11) is 0. The molecular formula is C20H31N3O2. The molecule has 2 aliphatic rings. The van der Waals surface area contributed by atoms with E-state index in [1.807, 2.05) is 18.2 Å². The molecule has 5 heteroatoms. The van der Waals surface area contributed by atoms with Crippen molar-refractivity contribution in [2.75, 3.05) is 18.4 Å². The van der Waals surface area contributed by atoms with E-state index in [0.29, 0.717) is 12.0 Å². The Kier molecular flexibility index (Phi) is 5.97. The molecule has 2 amide bonds. The van der Waals surface area contributed by atoms with Gasteiger partial charge in [0.15, 0.2) is 0 Å². The zero-order valence-electron chi connectivity index (χ0n) is 15.4. The first kappa shape index (κ1) is 18.2. The highest BCUT2D eigenvalue weighted by atomic mass is 16.3. The number of nitrogens with one attached hydrogen (secondary N) is 2. The topological polar surface area (TPSA) is 64.6 Å². The molecule has 3 rings (SSSR count). The van der Waals surface area contributed by atoms with Crippen LogP contribution in [0.4, 0.5) is 10.5 Å². The molecule has 0 unspecified atom stereocenters. The molecule has 1 saturated heterocycles. The Morgan fingerprint density at radius 1 is 1.16 bits per heavy atom. The lowest BCUT2D eigenvalue weighted by Gasteiger charge is -2.37. The van der Waals surface area contributed by atoms with Gasteiger partial charge in [0.2, 0.25) is 0 Å². The third kappa shape index (κ3) is 4.53. The first-order valence-electron chi connectivity index (χ1n) is 9.63. The van der Waals surface area contributed by atoms with Gasteiger partial charge in [0.1, 0.15) is 0 Å². The van der Waals surface area contributed by atoms with Gasteiger partial charge in [0, 0.05) is 30.9 Å². The fourth-order valence-electron chi connectivity index (χ4n) is 4.18. The molecule has 0 spiro atoms. The average molecular weight is 345 g/mol. The highest BCUT2D eigenvalue weighted by Crippen LogP contribution is 2.27. The van der Waals surface area contributed by atoms with E-state index in [4.69, 9.17) is 0 Å². The molecule has 1 saturated carbocycles. The van der Waals surface area contributed by atoms with E-state index in [1.54, 1.807) is 0 Å². The molecule has 2 fully saturated rings. The van der Waals surface area contributed by atoms with E-state index in [2.05, 4.69) is 35.4 Å². The molecule has 5 nitrogen and oxygen atoms in total. The molecule has 1 aliphatic carbocycles. The van der Waals surface area contributed by atoms with Crippen LogP contribution < -0.4 is 10.6 Å². The molecule has 3 N–H and O–H groups in total. The van der Waals surface area contributed by atoms with E-state index < -0.39 is 0 Å². The van der Waals surface area contributed by atoms with E-state index in [-0.39, 0.29) is 18.2 Å². The number of hydrogen-bond acceptors (Lipinski definition) is 3. The van der Waals surface area contributed by atoms with Gasteiger partial charge < -0.3 is 15.7 Å². The van der Waals surface area contributed by atoms with Crippen molar-refractivity contribution in [3.63, 3.8) is 0 Å². The number of para-hydroxylation sites is 1. The monoisotopic (exact) mass is 345 g/mol. The molecular weight excluding hydrogens is 314 g/mol. The summed E-state index contributed by atoms with van der Waals surface area (Å²) in [5, 5.41) is 16.2. The number of aliphatic hydroxyl groups is 1. The predicted octanol–water partition coefficient (Wildman–Crippen LogP) is 3.31. The van der Waals surface area contributed by atoms with Gasteiger partial charge in [-0.05, 0) is 49.7 Å². The quantitative estimate of drug-likeness (QED) is 0.784. The van der Waals surface area contributed by atoms with Crippen molar-refractivity contribution in [3.05, 3.63) is 29.8 Å². The lowest BCUT2D eigenvalue weighted by molar-refractivity contribution is 0.0537. The van der Waals surface area contributed by atoms with E-state index in [0.717, 1.165) is 56.4 Å². The second kappa shape index (κ2) is 8.19. The minimum absolute atomic E-state index is 0.118. The van der Waals surface area contributed by atoms with Crippen LogP contribution in [-0.4, -0.2) is 47.3 Å². The lowest BCUT2D eigenvalue weighted by atomic mass is 10.0. The van der Waals surface area contributed by atoms with Gasteiger partial charge in [0.25, 0.3) is 0 Å². The summed E-state index contributed by atoms with van der Waals surface area (Å²) in [6.45, 7) is 6.17. The van der Waals surface area contributed by atoms with E-state index in [1.165, 1.54) is 0 Å². The van der Waals surface area contributed by atoms with Crippen LogP contribution in [0, 0.1) is 0 Å². The van der Waals surface area contributed by atoms with Crippen LogP contribution in [0.1, 0.15) is 57.4 Å². The number of urea groups is 1. The first-order chi connectivity index (χ1) is 12.0. The van der Waals surface area contributed by atoms with Gasteiger partial charge in [0.05, 0.1) is 6.10 Å². The van der Waals surface area contributed by atoms with E-state index >= 15 is 0 Å². The standard InChI is InChI=1S/C20H31N3O2/c1-14(2)16-6-3-4-7-17(16)22-20(25)21-15-10-12-23(13-11-15)18-8-5-9-19(18)24/h3-4,6-7,14-15,18-19,24H,5,8-13H2,1-2H3,(H2,21,22,25)/t18-,19+/m0/s1. The Balaban J connectivity index is 1.48. The number of benzene rings is 1. The molecule has 1 aliphatic heterocycles. The van der Waals surface area contributed by atoms with Gasteiger partial charge >= 0.3 is 6.03 Å². The fraction of sp³-hybridized carbons (Fsp3) is 0.650. The Labute approximate surface area is 150 Å². The number of likely N-dealkylation sites (tertiary alicyclic amines) is 1. The van der Waals surface area contributed by atoms with Crippen molar-refractivity contribution in [3.8, 4) is 0 Å². The summed E-state index contributed by atoms with van der Waals surface area (Å²) >= 11 is 0. The SMILES string of the molecule is CC(C)c1ccccc1NC(=O)NC1CCN([C@H]2CCC[C@H]2O)CC1. The van der Waals surface area contributed by atoms with Crippen LogP contribution >= 0.6 is 0 Å². The van der Waals surface area contributed by atoms with Crippen molar-refractivity contribution < 1.29 is 9.90 Å². The summed E-state index contributed by atoms with van der Waals surface area (Å²) in [4.78, 5) is 14.8. The van der Waals surface area contributed by atoms with Crippen molar-refractivity contribution in [2.45, 2.75) is 70.1 Å². The second-order valence-corrected chi connectivity index (χ2v) is 7.72. The van der Waals surface area contributed by atoms with Gasteiger partial charge in [-0.2, -0.15) is 0 Å². The molecule has 1 aromatic rings. The van der Waals surface area contributed by atoms with Crippen LogP contribution in [0.2, 0.25) is 0 Å². The minimum atomic E-state index is -0.166. The highest BCUT2D eigenvalue weighted by molar-refractivity contribution is 5.90. The van der Waals surface area contributed by atoms with Crippen LogP contribution in [0.3, 0.4) is 0 Å². The summed E-state index contributed by atoms with van der Waals surface area (Å²) in [5.74, 6) is 0.373. The second-order valence-electron chi connectivity index (χ2n) is 7.72. The summed E-state index contributed by atoms with van der Waals surface area (Å²) in [6, 6.07) is 8.39. The normalized spacial score (nSPS) is 25.3. The van der Waals surface area contributed by atoms with Crippen LogP contribution in [0.5, 0.6) is 0 Å². The lowest BCUT2D eigenvalue weighted by Crippen LogP contribution is -2.50. The minimum Gasteiger partial charge on any atom is -0.391 e. The predicted molar refractivity (Wildman–Crippen MR) is 101 cm³/mol. The molecule has 0 bridgehead atoms.